The Hall–Kier alpha value is -3.28. The van der Waals surface area contributed by atoms with Crippen molar-refractivity contribution in [3.05, 3.63) is 89.5 Å². The van der Waals surface area contributed by atoms with Gasteiger partial charge in [0.1, 0.15) is 17.2 Å². The van der Waals surface area contributed by atoms with E-state index in [4.69, 9.17) is 18.9 Å². The van der Waals surface area contributed by atoms with Gasteiger partial charge in [-0.2, -0.15) is 0 Å². The van der Waals surface area contributed by atoms with E-state index in [2.05, 4.69) is 6.92 Å². The molecular formula is C25H26O5. The lowest BCUT2D eigenvalue weighted by Gasteiger charge is -2.16. The van der Waals surface area contributed by atoms with Crippen LogP contribution in [0.2, 0.25) is 0 Å². The van der Waals surface area contributed by atoms with Gasteiger partial charge in [-0.05, 0) is 71.2 Å². The van der Waals surface area contributed by atoms with Crippen LogP contribution in [0.15, 0.2) is 72.8 Å². The second kappa shape index (κ2) is 10.5. The zero-order valence-corrected chi connectivity index (χ0v) is 17.4. The summed E-state index contributed by atoms with van der Waals surface area (Å²) in [5.41, 5.74) is 5.11. The van der Waals surface area contributed by atoms with Crippen LogP contribution in [0.1, 0.15) is 23.6 Å². The molecule has 0 spiro atoms. The zero-order valence-electron chi connectivity index (χ0n) is 17.4. The number of hydrogen-bond donors (Lipinski definition) is 1. The number of methoxy groups -OCH3 is 2. The number of ether oxygens (including phenoxy) is 4. The molecule has 0 fully saturated rings. The van der Waals surface area contributed by atoms with E-state index in [0.717, 1.165) is 39.3 Å². The summed E-state index contributed by atoms with van der Waals surface area (Å²) >= 11 is 0. The summed E-state index contributed by atoms with van der Waals surface area (Å²) in [4.78, 5) is 0. The molecule has 0 aliphatic carbocycles. The van der Waals surface area contributed by atoms with Crippen LogP contribution in [0.25, 0.3) is 11.1 Å². The summed E-state index contributed by atoms with van der Waals surface area (Å²) in [6.07, 6.45) is 0. The van der Waals surface area contributed by atoms with Crippen molar-refractivity contribution in [2.24, 2.45) is 0 Å². The standard InChI is InChI=1S/C25H26O5/c1-18(21-5-4-6-22(26)15-21)25(19-7-11-23(12-8-19)29-16-27-2)20-9-13-24(14-10-20)30-17-28-3/h4-15,26H,16-17H2,1-3H3. The molecule has 0 saturated carbocycles. The highest BCUT2D eigenvalue weighted by atomic mass is 16.7. The molecule has 0 bridgehead atoms. The number of benzene rings is 3. The first-order valence-electron chi connectivity index (χ1n) is 9.57. The zero-order chi connectivity index (χ0) is 21.3. The van der Waals surface area contributed by atoms with Gasteiger partial charge in [0, 0.05) is 14.2 Å². The molecule has 5 nitrogen and oxygen atoms in total. The molecule has 0 saturated heterocycles. The lowest BCUT2D eigenvalue weighted by Crippen LogP contribution is -2.00. The summed E-state index contributed by atoms with van der Waals surface area (Å²) in [5, 5.41) is 9.94. The van der Waals surface area contributed by atoms with E-state index < -0.39 is 0 Å². The molecule has 0 atom stereocenters. The number of hydrogen-bond acceptors (Lipinski definition) is 5. The highest BCUT2D eigenvalue weighted by Crippen LogP contribution is 2.34. The Morgan fingerprint density at radius 2 is 1.20 bits per heavy atom. The van der Waals surface area contributed by atoms with E-state index in [1.807, 2.05) is 60.7 Å². The van der Waals surface area contributed by atoms with E-state index >= 15 is 0 Å². The summed E-state index contributed by atoms with van der Waals surface area (Å²) < 4.78 is 20.9. The second-order valence-corrected chi connectivity index (χ2v) is 6.70. The molecule has 0 amide bonds. The van der Waals surface area contributed by atoms with E-state index in [1.165, 1.54) is 0 Å². The smallest absolute Gasteiger partial charge is 0.188 e. The third kappa shape index (κ3) is 5.41. The van der Waals surface area contributed by atoms with Gasteiger partial charge < -0.3 is 24.1 Å². The van der Waals surface area contributed by atoms with Crippen molar-refractivity contribution in [1.82, 2.24) is 0 Å². The molecule has 5 heteroatoms. The highest BCUT2D eigenvalue weighted by molar-refractivity contribution is 5.98. The van der Waals surface area contributed by atoms with Gasteiger partial charge in [0.2, 0.25) is 0 Å². The molecule has 0 aliphatic heterocycles. The number of phenols is 1. The van der Waals surface area contributed by atoms with Crippen molar-refractivity contribution in [1.29, 1.82) is 0 Å². The minimum absolute atomic E-state index is 0.202. The fraction of sp³-hybridized carbons (Fsp3) is 0.200. The Morgan fingerprint density at radius 3 is 1.63 bits per heavy atom. The summed E-state index contributed by atoms with van der Waals surface area (Å²) in [6.45, 7) is 2.45. The number of allylic oxidation sites excluding steroid dienone is 1. The molecule has 3 aromatic carbocycles. The monoisotopic (exact) mass is 406 g/mol. The molecule has 1 N–H and O–H groups in total. The Balaban J connectivity index is 2.04. The van der Waals surface area contributed by atoms with Gasteiger partial charge in [-0.3, -0.25) is 0 Å². The van der Waals surface area contributed by atoms with Crippen molar-refractivity contribution < 1.29 is 24.1 Å². The molecule has 0 heterocycles. The maximum atomic E-state index is 9.94. The summed E-state index contributed by atoms with van der Waals surface area (Å²) in [6, 6.07) is 23.0. The normalized spacial score (nSPS) is 10.5. The van der Waals surface area contributed by atoms with Crippen LogP contribution >= 0.6 is 0 Å². The molecule has 0 aromatic heterocycles. The van der Waals surface area contributed by atoms with Crippen LogP contribution in [-0.2, 0) is 9.47 Å². The summed E-state index contributed by atoms with van der Waals surface area (Å²) in [5.74, 6) is 1.70. The first-order chi connectivity index (χ1) is 14.6. The quantitative estimate of drug-likeness (QED) is 0.384. The molecule has 156 valence electrons. The van der Waals surface area contributed by atoms with Gasteiger partial charge in [-0.1, -0.05) is 36.4 Å². The predicted octanol–water partition coefficient (Wildman–Crippen LogP) is 5.34. The van der Waals surface area contributed by atoms with Crippen LogP contribution < -0.4 is 9.47 Å². The van der Waals surface area contributed by atoms with Gasteiger partial charge >= 0.3 is 0 Å². The fourth-order valence-corrected chi connectivity index (χ4v) is 3.17. The van der Waals surface area contributed by atoms with Crippen molar-refractivity contribution in [2.45, 2.75) is 6.92 Å². The van der Waals surface area contributed by atoms with E-state index in [-0.39, 0.29) is 19.3 Å². The highest BCUT2D eigenvalue weighted by Gasteiger charge is 2.12. The Kier molecular flexibility index (Phi) is 7.49. The van der Waals surface area contributed by atoms with E-state index in [0.29, 0.717) is 0 Å². The van der Waals surface area contributed by atoms with Gasteiger partial charge in [0.25, 0.3) is 0 Å². The first kappa shape index (κ1) is 21.4. The van der Waals surface area contributed by atoms with Crippen LogP contribution in [0.5, 0.6) is 17.2 Å². The third-order valence-corrected chi connectivity index (χ3v) is 4.63. The molecular weight excluding hydrogens is 380 g/mol. The SMILES string of the molecule is COCOc1ccc(C(=C(C)c2cccc(O)c2)c2ccc(OCOC)cc2)cc1. The van der Waals surface area contributed by atoms with Crippen molar-refractivity contribution in [3.8, 4) is 17.2 Å². The van der Waals surface area contributed by atoms with Crippen LogP contribution in [0.3, 0.4) is 0 Å². The number of aromatic hydroxyl groups is 1. The van der Waals surface area contributed by atoms with Crippen LogP contribution in [0, 0.1) is 0 Å². The van der Waals surface area contributed by atoms with E-state index in [1.54, 1.807) is 26.4 Å². The lowest BCUT2D eigenvalue weighted by atomic mass is 9.90. The third-order valence-electron chi connectivity index (χ3n) is 4.63. The first-order valence-corrected chi connectivity index (χ1v) is 9.57. The summed E-state index contributed by atoms with van der Waals surface area (Å²) in [7, 11) is 3.18. The molecule has 0 aliphatic rings. The van der Waals surface area contributed by atoms with Crippen molar-refractivity contribution in [3.63, 3.8) is 0 Å². The molecule has 0 unspecified atom stereocenters. The van der Waals surface area contributed by atoms with Gasteiger partial charge in [0.05, 0.1) is 0 Å². The van der Waals surface area contributed by atoms with Crippen molar-refractivity contribution >= 4 is 11.1 Å². The topological polar surface area (TPSA) is 57.2 Å². The minimum atomic E-state index is 0.202. The molecule has 30 heavy (non-hydrogen) atoms. The lowest BCUT2D eigenvalue weighted by molar-refractivity contribution is 0.0509. The Labute approximate surface area is 177 Å². The van der Waals surface area contributed by atoms with E-state index in [9.17, 15) is 5.11 Å². The second-order valence-electron chi connectivity index (χ2n) is 6.70. The number of phenolic OH excluding ortho intramolecular Hbond substituents is 1. The maximum Gasteiger partial charge on any atom is 0.188 e. The fourth-order valence-electron chi connectivity index (χ4n) is 3.17. The average molecular weight is 406 g/mol. The van der Waals surface area contributed by atoms with Gasteiger partial charge in [0.15, 0.2) is 13.6 Å². The molecule has 3 rings (SSSR count). The Morgan fingerprint density at radius 1 is 0.700 bits per heavy atom. The van der Waals surface area contributed by atoms with Crippen LogP contribution in [-0.4, -0.2) is 32.9 Å². The Bertz CT molecular complexity index is 922. The minimum Gasteiger partial charge on any atom is -0.508 e. The largest absolute Gasteiger partial charge is 0.508 e. The molecule has 0 radical (unpaired) electrons. The average Bonchev–Trinajstić information content (AvgIpc) is 2.78. The van der Waals surface area contributed by atoms with Gasteiger partial charge in [-0.25, -0.2) is 0 Å². The predicted molar refractivity (Wildman–Crippen MR) is 118 cm³/mol. The maximum absolute atomic E-state index is 9.94. The van der Waals surface area contributed by atoms with Crippen molar-refractivity contribution in [2.75, 3.05) is 27.8 Å². The number of rotatable bonds is 9. The van der Waals surface area contributed by atoms with Gasteiger partial charge in [-0.15, -0.1) is 0 Å². The van der Waals surface area contributed by atoms with Crippen LogP contribution in [0.4, 0.5) is 0 Å². The molecule has 3 aromatic rings.